The molecule has 0 unspecified atom stereocenters. The maximum Gasteiger partial charge on any atom is 0.146 e. The fourth-order valence-corrected chi connectivity index (χ4v) is 1.53. The van der Waals surface area contributed by atoms with Crippen molar-refractivity contribution < 1.29 is 4.39 Å². The molecule has 96 valence electrons. The van der Waals surface area contributed by atoms with Crippen molar-refractivity contribution in [3.8, 4) is 5.69 Å². The molecule has 0 aliphatic heterocycles. The van der Waals surface area contributed by atoms with E-state index in [4.69, 9.17) is 0 Å². The lowest BCUT2D eigenvalue weighted by molar-refractivity contribution is 0.415. The summed E-state index contributed by atoms with van der Waals surface area (Å²) < 4.78 is 14.6. The molecule has 2 aromatic rings. The minimum atomic E-state index is -0.256. The van der Waals surface area contributed by atoms with Crippen molar-refractivity contribution in [2.75, 3.05) is 0 Å². The third-order valence-corrected chi connectivity index (χ3v) is 2.47. The van der Waals surface area contributed by atoms with Gasteiger partial charge in [0.2, 0.25) is 0 Å². The van der Waals surface area contributed by atoms with Crippen LogP contribution in [-0.4, -0.2) is 20.3 Å². The van der Waals surface area contributed by atoms with E-state index in [0.29, 0.717) is 6.54 Å². The monoisotopic (exact) mass is 248 g/mol. The Kier molecular flexibility index (Phi) is 3.43. The van der Waals surface area contributed by atoms with Gasteiger partial charge >= 0.3 is 0 Å². The number of nitrogens with one attached hydrogen (secondary N) is 1. The predicted molar refractivity (Wildman–Crippen MR) is 67.9 cm³/mol. The van der Waals surface area contributed by atoms with Crippen LogP contribution in [0.2, 0.25) is 0 Å². The lowest BCUT2D eigenvalue weighted by atomic mass is 10.1. The van der Waals surface area contributed by atoms with Crippen molar-refractivity contribution in [1.82, 2.24) is 20.1 Å². The summed E-state index contributed by atoms with van der Waals surface area (Å²) in [4.78, 5) is 4.21. The molecular formula is C13H17FN4. The number of hydrogen-bond donors (Lipinski definition) is 1. The molecule has 1 aromatic carbocycles. The molecule has 0 aliphatic carbocycles. The lowest BCUT2D eigenvalue weighted by Gasteiger charge is -2.20. The Morgan fingerprint density at radius 3 is 2.50 bits per heavy atom. The summed E-state index contributed by atoms with van der Waals surface area (Å²) in [7, 11) is 0. The highest BCUT2D eigenvalue weighted by Gasteiger charge is 2.12. The minimum Gasteiger partial charge on any atom is -0.305 e. The topological polar surface area (TPSA) is 42.7 Å². The number of halogens is 1. The zero-order chi connectivity index (χ0) is 13.2. The smallest absolute Gasteiger partial charge is 0.146 e. The SMILES string of the molecule is CC(C)(C)NCc1ncnn1-c1ccc(F)cc1. The van der Waals surface area contributed by atoms with E-state index in [0.717, 1.165) is 11.5 Å². The van der Waals surface area contributed by atoms with E-state index in [-0.39, 0.29) is 11.4 Å². The van der Waals surface area contributed by atoms with Crippen molar-refractivity contribution in [2.24, 2.45) is 0 Å². The van der Waals surface area contributed by atoms with Gasteiger partial charge in [0.15, 0.2) is 0 Å². The lowest BCUT2D eigenvalue weighted by Crippen LogP contribution is -2.35. The first-order chi connectivity index (χ1) is 8.46. The summed E-state index contributed by atoms with van der Waals surface area (Å²) in [5, 5.41) is 7.51. The van der Waals surface area contributed by atoms with Crippen LogP contribution in [0.4, 0.5) is 4.39 Å². The summed E-state index contributed by atoms with van der Waals surface area (Å²) in [5.41, 5.74) is 0.819. The van der Waals surface area contributed by atoms with Crippen LogP contribution in [0.25, 0.3) is 5.69 Å². The second-order valence-corrected chi connectivity index (χ2v) is 5.17. The molecule has 1 heterocycles. The molecule has 0 atom stereocenters. The number of nitrogens with zero attached hydrogens (tertiary/aromatic N) is 3. The van der Waals surface area contributed by atoms with Crippen molar-refractivity contribution in [2.45, 2.75) is 32.9 Å². The third kappa shape index (κ3) is 3.13. The van der Waals surface area contributed by atoms with Crippen LogP contribution in [0.1, 0.15) is 26.6 Å². The van der Waals surface area contributed by atoms with Gasteiger partial charge in [-0.3, -0.25) is 0 Å². The van der Waals surface area contributed by atoms with E-state index in [1.165, 1.54) is 18.5 Å². The van der Waals surface area contributed by atoms with Crippen LogP contribution < -0.4 is 5.32 Å². The zero-order valence-corrected chi connectivity index (χ0v) is 10.8. The number of benzene rings is 1. The Hall–Kier alpha value is -1.75. The van der Waals surface area contributed by atoms with Crippen molar-refractivity contribution in [3.63, 3.8) is 0 Å². The van der Waals surface area contributed by atoms with E-state index in [1.54, 1.807) is 16.8 Å². The van der Waals surface area contributed by atoms with Gasteiger partial charge in [0, 0.05) is 5.54 Å². The number of rotatable bonds is 3. The van der Waals surface area contributed by atoms with E-state index in [1.807, 2.05) is 0 Å². The van der Waals surface area contributed by atoms with Gasteiger partial charge in [-0.15, -0.1) is 0 Å². The molecule has 0 saturated carbocycles. The van der Waals surface area contributed by atoms with Gasteiger partial charge < -0.3 is 5.32 Å². The maximum atomic E-state index is 12.9. The average Bonchev–Trinajstić information content (AvgIpc) is 2.75. The van der Waals surface area contributed by atoms with Gasteiger partial charge in [-0.1, -0.05) is 0 Å². The highest BCUT2D eigenvalue weighted by atomic mass is 19.1. The van der Waals surface area contributed by atoms with Gasteiger partial charge in [-0.2, -0.15) is 5.10 Å². The Bertz CT molecular complexity index is 511. The molecule has 2 rings (SSSR count). The summed E-state index contributed by atoms with van der Waals surface area (Å²) in [6.07, 6.45) is 1.50. The van der Waals surface area contributed by atoms with Crippen LogP contribution in [-0.2, 0) is 6.54 Å². The zero-order valence-electron chi connectivity index (χ0n) is 10.8. The summed E-state index contributed by atoms with van der Waals surface area (Å²) in [5.74, 6) is 0.546. The first-order valence-electron chi connectivity index (χ1n) is 5.85. The predicted octanol–water partition coefficient (Wildman–Crippen LogP) is 2.29. The van der Waals surface area contributed by atoms with E-state index in [9.17, 15) is 4.39 Å². The molecular weight excluding hydrogens is 231 g/mol. The van der Waals surface area contributed by atoms with Gasteiger partial charge in [-0.05, 0) is 45.0 Å². The Labute approximate surface area is 106 Å². The van der Waals surface area contributed by atoms with Gasteiger partial charge in [-0.25, -0.2) is 14.1 Å². The van der Waals surface area contributed by atoms with Crippen molar-refractivity contribution in [1.29, 1.82) is 0 Å². The molecule has 1 aromatic heterocycles. The molecule has 0 fully saturated rings. The normalized spacial score (nSPS) is 11.8. The van der Waals surface area contributed by atoms with E-state index >= 15 is 0 Å². The Morgan fingerprint density at radius 1 is 1.22 bits per heavy atom. The quantitative estimate of drug-likeness (QED) is 0.906. The van der Waals surface area contributed by atoms with Crippen molar-refractivity contribution >= 4 is 0 Å². The highest BCUT2D eigenvalue weighted by molar-refractivity contribution is 5.31. The molecule has 0 amide bonds. The highest BCUT2D eigenvalue weighted by Crippen LogP contribution is 2.10. The van der Waals surface area contributed by atoms with Gasteiger partial charge in [0.05, 0.1) is 12.2 Å². The molecule has 5 heteroatoms. The second-order valence-electron chi connectivity index (χ2n) is 5.17. The van der Waals surface area contributed by atoms with Crippen LogP contribution in [0.15, 0.2) is 30.6 Å². The minimum absolute atomic E-state index is 0.0135. The standard InChI is InChI=1S/C13H17FN4/c1-13(2,3)16-8-12-15-9-17-18(12)11-6-4-10(14)5-7-11/h4-7,9,16H,8H2,1-3H3. The largest absolute Gasteiger partial charge is 0.305 e. The molecule has 18 heavy (non-hydrogen) atoms. The van der Waals surface area contributed by atoms with Crippen LogP contribution in [0, 0.1) is 5.82 Å². The summed E-state index contributed by atoms with van der Waals surface area (Å²) in [6.45, 7) is 6.88. The molecule has 4 nitrogen and oxygen atoms in total. The molecule has 1 N–H and O–H groups in total. The third-order valence-electron chi connectivity index (χ3n) is 2.47. The fourth-order valence-electron chi connectivity index (χ4n) is 1.53. The Morgan fingerprint density at radius 2 is 1.89 bits per heavy atom. The molecule has 0 bridgehead atoms. The Balaban J connectivity index is 2.20. The van der Waals surface area contributed by atoms with Crippen LogP contribution in [0.3, 0.4) is 0 Å². The molecule has 0 spiro atoms. The average molecular weight is 248 g/mol. The molecule has 0 aliphatic rings. The molecule has 0 saturated heterocycles. The van der Waals surface area contributed by atoms with E-state index < -0.39 is 0 Å². The molecule has 0 radical (unpaired) electrons. The number of hydrogen-bond acceptors (Lipinski definition) is 3. The van der Waals surface area contributed by atoms with Gasteiger partial charge in [0.25, 0.3) is 0 Å². The second kappa shape index (κ2) is 4.86. The van der Waals surface area contributed by atoms with E-state index in [2.05, 4.69) is 36.2 Å². The number of aromatic nitrogens is 3. The first kappa shape index (κ1) is 12.7. The van der Waals surface area contributed by atoms with Gasteiger partial charge in [0.1, 0.15) is 18.0 Å². The van der Waals surface area contributed by atoms with Crippen LogP contribution >= 0.6 is 0 Å². The summed E-state index contributed by atoms with van der Waals surface area (Å²) >= 11 is 0. The first-order valence-corrected chi connectivity index (χ1v) is 5.85. The van der Waals surface area contributed by atoms with Crippen LogP contribution in [0.5, 0.6) is 0 Å². The maximum absolute atomic E-state index is 12.9. The van der Waals surface area contributed by atoms with Crippen molar-refractivity contribution in [3.05, 3.63) is 42.2 Å². The fraction of sp³-hybridized carbons (Fsp3) is 0.385. The summed E-state index contributed by atoms with van der Waals surface area (Å²) in [6, 6.07) is 6.20.